The maximum atomic E-state index is 12.8. The van der Waals surface area contributed by atoms with Gasteiger partial charge in [0.2, 0.25) is 6.41 Å². The van der Waals surface area contributed by atoms with E-state index in [-0.39, 0.29) is 30.8 Å². The molecule has 172 valence electrons. The van der Waals surface area contributed by atoms with Gasteiger partial charge in [-0.05, 0) is 25.8 Å². The first-order valence-corrected chi connectivity index (χ1v) is 11.0. The van der Waals surface area contributed by atoms with Crippen molar-refractivity contribution in [1.82, 2.24) is 10.2 Å². The van der Waals surface area contributed by atoms with Gasteiger partial charge in [0.25, 0.3) is 5.91 Å². The molecule has 0 saturated carbocycles. The third kappa shape index (κ3) is 5.19. The molecule has 11 nitrogen and oxygen atoms in total. The highest BCUT2D eigenvalue weighted by Gasteiger charge is 2.51. The number of carbonyl (C=O) groups excluding carboxylic acids is 2. The van der Waals surface area contributed by atoms with Crippen LogP contribution in [-0.4, -0.2) is 52.8 Å². The molecule has 0 bridgehead atoms. The van der Waals surface area contributed by atoms with Crippen molar-refractivity contribution in [3.8, 4) is 18.1 Å². The van der Waals surface area contributed by atoms with E-state index >= 15 is 0 Å². The topological polar surface area (TPSA) is 144 Å². The number of amides is 2. The Morgan fingerprint density at radius 3 is 2.84 bits per heavy atom. The normalized spacial score (nSPS) is 25.3. The lowest BCUT2D eigenvalue weighted by molar-refractivity contribution is -0.349. The van der Waals surface area contributed by atoms with Crippen molar-refractivity contribution in [1.29, 1.82) is 0 Å². The smallest absolute Gasteiger partial charge is 0.404 e. The van der Waals surface area contributed by atoms with Crippen LogP contribution >= 0.6 is 7.82 Å². The minimum absolute atomic E-state index is 0.0109. The van der Waals surface area contributed by atoms with Crippen molar-refractivity contribution >= 4 is 20.1 Å². The van der Waals surface area contributed by atoms with E-state index in [1.54, 1.807) is 18.2 Å². The van der Waals surface area contributed by atoms with Crippen LogP contribution in [0.25, 0.3) is 0 Å². The number of nitrogens with zero attached hydrogens (tertiary/aromatic N) is 1. The molecule has 1 fully saturated rings. The molecule has 2 amide bonds. The van der Waals surface area contributed by atoms with E-state index in [1.807, 2.05) is 6.92 Å². The Morgan fingerprint density at radius 1 is 1.44 bits per heavy atom. The number of phosphoric ester groups is 1. The van der Waals surface area contributed by atoms with Gasteiger partial charge in [-0.15, -0.1) is 6.42 Å². The van der Waals surface area contributed by atoms with Crippen molar-refractivity contribution in [2.45, 2.75) is 44.7 Å². The van der Waals surface area contributed by atoms with Crippen molar-refractivity contribution in [2.75, 3.05) is 7.05 Å². The minimum atomic E-state index is -4.38. The summed E-state index contributed by atoms with van der Waals surface area (Å²) >= 11 is 0. The second kappa shape index (κ2) is 9.42. The van der Waals surface area contributed by atoms with Crippen LogP contribution in [-0.2, 0) is 34.5 Å². The number of likely N-dealkylation sites (N-methyl/N-ethyl adjacent to an activating group) is 1. The van der Waals surface area contributed by atoms with Crippen LogP contribution < -0.4 is 9.84 Å². The quantitative estimate of drug-likeness (QED) is 0.175. The summed E-state index contributed by atoms with van der Waals surface area (Å²) in [6, 6.07) is 5.08. The van der Waals surface area contributed by atoms with Crippen LogP contribution in [0.3, 0.4) is 0 Å². The lowest BCUT2D eigenvalue weighted by Gasteiger charge is -2.33. The van der Waals surface area contributed by atoms with Crippen molar-refractivity contribution < 1.29 is 42.7 Å². The van der Waals surface area contributed by atoms with Gasteiger partial charge in [0.05, 0.1) is 6.61 Å². The number of benzene rings is 1. The molecular formula is C20H23N2O9P. The van der Waals surface area contributed by atoms with Crippen molar-refractivity contribution in [2.24, 2.45) is 0 Å². The number of hydrogen-bond donors (Lipinski definition) is 3. The molecule has 0 aromatic heterocycles. The molecule has 2 aliphatic heterocycles. The molecule has 1 aromatic carbocycles. The Kier molecular flexibility index (Phi) is 7.05. The van der Waals surface area contributed by atoms with Gasteiger partial charge in [-0.3, -0.25) is 19.0 Å². The van der Waals surface area contributed by atoms with E-state index in [9.17, 15) is 24.4 Å². The van der Waals surface area contributed by atoms with Gasteiger partial charge in [0.1, 0.15) is 23.7 Å². The van der Waals surface area contributed by atoms with Crippen molar-refractivity contribution in [3.05, 3.63) is 41.1 Å². The predicted octanol–water partition coefficient (Wildman–Crippen LogP) is 0.894. The molecule has 0 spiro atoms. The number of carbonyl (C=O) groups is 2. The van der Waals surface area contributed by atoms with Gasteiger partial charge in [-0.1, -0.05) is 23.6 Å². The highest BCUT2D eigenvalue weighted by Crippen LogP contribution is 2.57. The number of hydrogen-bond acceptors (Lipinski definition) is 9. The van der Waals surface area contributed by atoms with Gasteiger partial charge < -0.3 is 24.8 Å². The van der Waals surface area contributed by atoms with Gasteiger partial charge in [0, 0.05) is 18.8 Å². The summed E-state index contributed by atoms with van der Waals surface area (Å²) in [5.41, 5.74) is 1.44. The van der Waals surface area contributed by atoms with Gasteiger partial charge in [-0.25, -0.2) is 9.09 Å². The zero-order valence-corrected chi connectivity index (χ0v) is 18.3. The van der Waals surface area contributed by atoms with Crippen LogP contribution in [0.5, 0.6) is 5.75 Å². The Bertz CT molecular complexity index is 1020. The predicted molar refractivity (Wildman–Crippen MR) is 109 cm³/mol. The highest BCUT2D eigenvalue weighted by molar-refractivity contribution is 7.49. The summed E-state index contributed by atoms with van der Waals surface area (Å²) in [4.78, 5) is 24.2. The number of aliphatic hydroxyl groups is 2. The minimum Gasteiger partial charge on any atom is -0.404 e. The van der Waals surface area contributed by atoms with E-state index in [0.717, 1.165) is 16.7 Å². The van der Waals surface area contributed by atoms with Gasteiger partial charge in [0.15, 0.2) is 0 Å². The molecule has 0 radical (unpaired) electrons. The summed E-state index contributed by atoms with van der Waals surface area (Å²) in [7, 11) is -3.01. The molecule has 3 atom stereocenters. The Balaban J connectivity index is 1.69. The SMILES string of the molecule is C#C/C(=C/N(C=O)C1CCC(C(O)(O)OP2(=O)OCc3cc(C)ccc3O2)O1)C(=O)NC. The first-order valence-electron chi connectivity index (χ1n) is 9.58. The summed E-state index contributed by atoms with van der Waals surface area (Å²) in [5, 5.41) is 23.2. The zero-order valence-electron chi connectivity index (χ0n) is 17.4. The molecule has 32 heavy (non-hydrogen) atoms. The summed E-state index contributed by atoms with van der Waals surface area (Å²) in [6.45, 7) is 1.75. The van der Waals surface area contributed by atoms with E-state index in [1.165, 1.54) is 7.05 Å². The van der Waals surface area contributed by atoms with Crippen LogP contribution in [0, 0.1) is 19.3 Å². The number of terminal acetylenes is 1. The molecule has 2 aliphatic rings. The molecule has 1 aromatic rings. The van der Waals surface area contributed by atoms with E-state index in [2.05, 4.69) is 11.2 Å². The fourth-order valence-electron chi connectivity index (χ4n) is 3.22. The third-order valence-electron chi connectivity index (χ3n) is 4.83. The zero-order chi connectivity index (χ0) is 23.5. The largest absolute Gasteiger partial charge is 0.534 e. The number of nitrogens with one attached hydrogen (secondary N) is 1. The molecule has 3 N–H and O–H groups in total. The summed E-state index contributed by atoms with van der Waals surface area (Å²) in [5.74, 6) is -1.25. The van der Waals surface area contributed by atoms with E-state index in [4.69, 9.17) is 24.7 Å². The average molecular weight is 466 g/mol. The second-order valence-corrected chi connectivity index (χ2v) is 8.67. The van der Waals surface area contributed by atoms with Gasteiger partial charge >= 0.3 is 13.8 Å². The third-order valence-corrected chi connectivity index (χ3v) is 6.18. The van der Waals surface area contributed by atoms with Gasteiger partial charge in [-0.2, -0.15) is 0 Å². The molecule has 1 saturated heterocycles. The molecule has 0 aliphatic carbocycles. The molecule has 2 heterocycles. The molecule has 12 heteroatoms. The van der Waals surface area contributed by atoms with Crippen LogP contribution in [0.1, 0.15) is 24.0 Å². The van der Waals surface area contributed by atoms with Crippen LogP contribution in [0.4, 0.5) is 0 Å². The standard InChI is InChI=1S/C20H23N2O9P/c1-4-14(19(24)21-3)10-22(12-23)18-8-7-17(29-18)20(25,26)31-32(27)28-11-15-9-13(2)5-6-16(15)30-32/h1,5-6,9-10,12,17-18,25-26H,7-8,11H2,2-3H3,(H,21,24)/b14-10-. The Labute approximate surface area is 184 Å². The summed E-state index contributed by atoms with van der Waals surface area (Å²) < 4.78 is 33.7. The van der Waals surface area contributed by atoms with Crippen molar-refractivity contribution in [3.63, 3.8) is 0 Å². The number of fused-ring (bicyclic) bond motifs is 1. The van der Waals surface area contributed by atoms with E-state index < -0.39 is 32.0 Å². The molecular weight excluding hydrogens is 443 g/mol. The van der Waals surface area contributed by atoms with E-state index in [0.29, 0.717) is 12.0 Å². The first-order chi connectivity index (χ1) is 15.1. The summed E-state index contributed by atoms with van der Waals surface area (Å²) in [6.07, 6.45) is 4.53. The maximum absolute atomic E-state index is 12.8. The maximum Gasteiger partial charge on any atom is 0.534 e. The average Bonchev–Trinajstić information content (AvgIpc) is 3.25. The molecule has 3 unspecified atom stereocenters. The number of rotatable bonds is 7. The van der Waals surface area contributed by atoms with Crippen LogP contribution in [0.15, 0.2) is 30.0 Å². The number of phosphoric acid groups is 1. The first kappa shape index (κ1) is 23.9. The Hall–Kier alpha value is -2.71. The fraction of sp³-hybridized carbons (Fsp3) is 0.400. The highest BCUT2D eigenvalue weighted by atomic mass is 31.2. The van der Waals surface area contributed by atoms with Crippen LogP contribution in [0.2, 0.25) is 0 Å². The number of aryl methyl sites for hydroxylation is 1. The fourth-order valence-corrected chi connectivity index (χ4v) is 4.52. The molecule has 3 rings (SSSR count). The lowest BCUT2D eigenvalue weighted by Crippen LogP contribution is -2.45. The Morgan fingerprint density at radius 2 is 2.19 bits per heavy atom. The monoisotopic (exact) mass is 466 g/mol. The number of ether oxygens (including phenoxy) is 1. The second-order valence-electron chi connectivity index (χ2n) is 7.15. The lowest BCUT2D eigenvalue weighted by atomic mass is 10.1.